The van der Waals surface area contributed by atoms with Gasteiger partial charge in [0.25, 0.3) is 0 Å². The van der Waals surface area contributed by atoms with Gasteiger partial charge in [0.1, 0.15) is 11.8 Å². The van der Waals surface area contributed by atoms with Gasteiger partial charge in [0.05, 0.1) is 0 Å². The molecule has 12 heavy (non-hydrogen) atoms. The minimum atomic E-state index is 0.494. The van der Waals surface area contributed by atoms with E-state index in [0.717, 1.165) is 10.8 Å². The number of pyridine rings is 1. The molecule has 1 heterocycles. The Morgan fingerprint density at radius 2 is 2.00 bits per heavy atom. The van der Waals surface area contributed by atoms with Gasteiger partial charge in [-0.3, -0.25) is 0 Å². The first-order chi connectivity index (χ1) is 5.92. The normalized spacial score (nSPS) is 9.58. The molecule has 0 bridgehead atoms. The van der Waals surface area contributed by atoms with Crippen molar-refractivity contribution in [1.82, 2.24) is 4.98 Å². The summed E-state index contributed by atoms with van der Waals surface area (Å²) in [7, 11) is 0. The Labute approximate surface area is 70.1 Å². The molecule has 0 saturated heterocycles. The number of nitriles is 1. The Morgan fingerprint density at radius 1 is 1.17 bits per heavy atom. The molecule has 0 aliphatic rings. The Kier molecular flexibility index (Phi) is 1.49. The zero-order valence-corrected chi connectivity index (χ0v) is 6.36. The molecule has 1 aromatic carbocycles. The zero-order valence-electron chi connectivity index (χ0n) is 6.36. The third-order valence-electron chi connectivity index (χ3n) is 1.78. The molecule has 0 spiro atoms. The number of hydrogen-bond acceptors (Lipinski definition) is 2. The van der Waals surface area contributed by atoms with Crippen LogP contribution in [0.4, 0.5) is 0 Å². The molecular weight excluding hydrogens is 148 g/mol. The van der Waals surface area contributed by atoms with Crippen molar-refractivity contribution >= 4 is 10.8 Å². The van der Waals surface area contributed by atoms with Gasteiger partial charge in [0.15, 0.2) is 0 Å². The first kappa shape index (κ1) is 6.81. The van der Waals surface area contributed by atoms with Gasteiger partial charge in [-0.2, -0.15) is 5.26 Å². The van der Waals surface area contributed by atoms with Crippen LogP contribution in [-0.4, -0.2) is 4.98 Å². The SMILES string of the molecule is N#Cc1nccc2ccccc12. The summed E-state index contributed by atoms with van der Waals surface area (Å²) in [5.74, 6) is 0. The van der Waals surface area contributed by atoms with E-state index in [1.165, 1.54) is 0 Å². The minimum Gasteiger partial charge on any atom is -0.245 e. The fourth-order valence-corrected chi connectivity index (χ4v) is 1.21. The van der Waals surface area contributed by atoms with Gasteiger partial charge >= 0.3 is 0 Å². The highest BCUT2D eigenvalue weighted by molar-refractivity contribution is 5.86. The predicted octanol–water partition coefficient (Wildman–Crippen LogP) is 2.11. The number of benzene rings is 1. The van der Waals surface area contributed by atoms with Crippen molar-refractivity contribution in [2.45, 2.75) is 0 Å². The van der Waals surface area contributed by atoms with Crippen LogP contribution in [0.15, 0.2) is 36.5 Å². The molecular formula is C10H6N2. The fraction of sp³-hybridized carbons (Fsp3) is 0. The van der Waals surface area contributed by atoms with Crippen molar-refractivity contribution in [3.63, 3.8) is 0 Å². The molecule has 0 aliphatic heterocycles. The van der Waals surface area contributed by atoms with Crippen LogP contribution in [0, 0.1) is 11.3 Å². The van der Waals surface area contributed by atoms with Crippen molar-refractivity contribution in [3.05, 3.63) is 42.2 Å². The molecule has 0 fully saturated rings. The maximum atomic E-state index is 8.72. The highest BCUT2D eigenvalue weighted by atomic mass is 14.7. The Hall–Kier alpha value is -1.88. The maximum absolute atomic E-state index is 8.72. The Morgan fingerprint density at radius 3 is 2.83 bits per heavy atom. The number of rotatable bonds is 0. The maximum Gasteiger partial charge on any atom is 0.148 e. The second-order valence-corrected chi connectivity index (χ2v) is 2.49. The van der Waals surface area contributed by atoms with Crippen molar-refractivity contribution in [1.29, 1.82) is 5.26 Å². The molecule has 0 N–H and O–H groups in total. The first-order valence-electron chi connectivity index (χ1n) is 3.65. The van der Waals surface area contributed by atoms with E-state index in [2.05, 4.69) is 11.1 Å². The predicted molar refractivity (Wildman–Crippen MR) is 46.5 cm³/mol. The lowest BCUT2D eigenvalue weighted by Gasteiger charge is -1.96. The molecule has 0 aliphatic carbocycles. The fourth-order valence-electron chi connectivity index (χ4n) is 1.21. The van der Waals surface area contributed by atoms with Crippen LogP contribution in [0.3, 0.4) is 0 Å². The Balaban J connectivity index is 2.91. The van der Waals surface area contributed by atoms with Crippen LogP contribution >= 0.6 is 0 Å². The number of nitrogens with zero attached hydrogens (tertiary/aromatic N) is 2. The van der Waals surface area contributed by atoms with E-state index in [1.54, 1.807) is 6.20 Å². The van der Waals surface area contributed by atoms with E-state index < -0.39 is 0 Å². The molecule has 2 aromatic rings. The highest BCUT2D eigenvalue weighted by Crippen LogP contribution is 2.14. The minimum absolute atomic E-state index is 0.494. The average molecular weight is 154 g/mol. The number of hydrogen-bond donors (Lipinski definition) is 0. The summed E-state index contributed by atoms with van der Waals surface area (Å²) in [6.45, 7) is 0. The number of aromatic nitrogens is 1. The summed E-state index contributed by atoms with van der Waals surface area (Å²) < 4.78 is 0. The van der Waals surface area contributed by atoms with Crippen molar-refractivity contribution in [2.24, 2.45) is 0 Å². The van der Waals surface area contributed by atoms with Crippen molar-refractivity contribution < 1.29 is 0 Å². The monoisotopic (exact) mass is 154 g/mol. The molecule has 2 rings (SSSR count). The average Bonchev–Trinajstić information content (AvgIpc) is 2.17. The topological polar surface area (TPSA) is 36.7 Å². The summed E-state index contributed by atoms with van der Waals surface area (Å²) in [6, 6.07) is 11.7. The lowest BCUT2D eigenvalue weighted by molar-refractivity contribution is 1.30. The van der Waals surface area contributed by atoms with Crippen molar-refractivity contribution in [3.8, 4) is 6.07 Å². The van der Waals surface area contributed by atoms with Gasteiger partial charge in [-0.1, -0.05) is 24.3 Å². The van der Waals surface area contributed by atoms with Gasteiger partial charge in [-0.15, -0.1) is 0 Å². The molecule has 1 aromatic heterocycles. The van der Waals surface area contributed by atoms with Gasteiger partial charge in [-0.25, -0.2) is 4.98 Å². The summed E-state index contributed by atoms with van der Waals surface area (Å²) in [6.07, 6.45) is 1.65. The lowest BCUT2D eigenvalue weighted by Crippen LogP contribution is -1.82. The van der Waals surface area contributed by atoms with E-state index in [9.17, 15) is 0 Å². The first-order valence-corrected chi connectivity index (χ1v) is 3.65. The summed E-state index contributed by atoms with van der Waals surface area (Å²) in [4.78, 5) is 3.96. The van der Waals surface area contributed by atoms with E-state index in [4.69, 9.17) is 5.26 Å². The van der Waals surface area contributed by atoms with Crippen LogP contribution < -0.4 is 0 Å². The van der Waals surface area contributed by atoms with Crippen LogP contribution in [0.5, 0.6) is 0 Å². The zero-order chi connectivity index (χ0) is 8.39. The summed E-state index contributed by atoms with van der Waals surface area (Å²) >= 11 is 0. The highest BCUT2D eigenvalue weighted by Gasteiger charge is 1.97. The quantitative estimate of drug-likeness (QED) is 0.582. The molecule has 56 valence electrons. The molecule has 0 saturated carbocycles. The molecule has 2 heteroatoms. The molecule has 0 radical (unpaired) electrons. The largest absolute Gasteiger partial charge is 0.245 e. The van der Waals surface area contributed by atoms with Crippen LogP contribution in [0.25, 0.3) is 10.8 Å². The summed E-state index contributed by atoms with van der Waals surface area (Å²) in [5.41, 5.74) is 0.494. The van der Waals surface area contributed by atoms with Crippen LogP contribution in [0.1, 0.15) is 5.69 Å². The van der Waals surface area contributed by atoms with E-state index in [-0.39, 0.29) is 0 Å². The molecule has 2 nitrogen and oxygen atoms in total. The van der Waals surface area contributed by atoms with Crippen LogP contribution in [0.2, 0.25) is 0 Å². The summed E-state index contributed by atoms with van der Waals surface area (Å²) in [5, 5.41) is 10.7. The molecule has 0 atom stereocenters. The smallest absolute Gasteiger partial charge is 0.148 e. The van der Waals surface area contributed by atoms with E-state index in [1.807, 2.05) is 30.3 Å². The van der Waals surface area contributed by atoms with Gasteiger partial charge in [-0.05, 0) is 11.5 Å². The Bertz CT molecular complexity index is 449. The second-order valence-electron chi connectivity index (χ2n) is 2.49. The van der Waals surface area contributed by atoms with Gasteiger partial charge in [0, 0.05) is 11.6 Å². The van der Waals surface area contributed by atoms with Crippen molar-refractivity contribution in [2.75, 3.05) is 0 Å². The molecule has 0 unspecified atom stereocenters. The van der Waals surface area contributed by atoms with Gasteiger partial charge < -0.3 is 0 Å². The number of fused-ring (bicyclic) bond motifs is 1. The van der Waals surface area contributed by atoms with E-state index >= 15 is 0 Å². The lowest BCUT2D eigenvalue weighted by atomic mass is 10.1. The third kappa shape index (κ3) is 0.923. The standard InChI is InChI=1S/C10H6N2/c11-7-10-9-4-2-1-3-8(9)5-6-12-10/h1-6H. The van der Waals surface area contributed by atoms with Crippen LogP contribution in [-0.2, 0) is 0 Å². The second kappa shape index (κ2) is 2.63. The van der Waals surface area contributed by atoms with E-state index in [0.29, 0.717) is 5.69 Å². The third-order valence-corrected chi connectivity index (χ3v) is 1.78. The molecule has 0 amide bonds. The van der Waals surface area contributed by atoms with Gasteiger partial charge in [0.2, 0.25) is 0 Å².